The molecule has 1 fully saturated rings. The number of hydrogen-bond donors (Lipinski definition) is 3. The smallest absolute Gasteiger partial charge is 0.320 e. The second-order valence-corrected chi connectivity index (χ2v) is 6.62. The van der Waals surface area contributed by atoms with E-state index in [9.17, 15) is 9.90 Å². The highest BCUT2D eigenvalue weighted by Crippen LogP contribution is 2.31. The number of aliphatic hydroxyl groups is 1. The van der Waals surface area contributed by atoms with Gasteiger partial charge >= 0.3 is 6.03 Å². The zero-order chi connectivity index (χ0) is 17.4. The summed E-state index contributed by atoms with van der Waals surface area (Å²) >= 11 is 0. The first kappa shape index (κ1) is 16.0. The van der Waals surface area contributed by atoms with Crippen molar-refractivity contribution in [3.8, 4) is 11.1 Å². The number of nitrogens with one attached hydrogen (secondary N) is 1. The number of primary amides is 1. The molecule has 2 amide bonds. The molecule has 2 aromatic rings. The third kappa shape index (κ3) is 3.08. The van der Waals surface area contributed by atoms with Gasteiger partial charge < -0.3 is 10.8 Å². The van der Waals surface area contributed by atoms with Crippen LogP contribution in [0.4, 0.5) is 10.6 Å². The summed E-state index contributed by atoms with van der Waals surface area (Å²) in [4.78, 5) is 21.9. The number of aliphatic hydroxyl groups excluding tert-OH is 1. The van der Waals surface area contributed by atoms with Crippen molar-refractivity contribution < 1.29 is 9.90 Å². The van der Waals surface area contributed by atoms with Gasteiger partial charge in [0.05, 0.1) is 0 Å². The number of nitrogens with two attached hydrogens (primary N) is 1. The molecule has 2 aliphatic rings. The number of fused-ring (bicyclic) bond motifs is 1. The summed E-state index contributed by atoms with van der Waals surface area (Å²) in [6.45, 7) is 0.612. The molecule has 0 saturated carbocycles. The topological polar surface area (TPSA) is 104 Å². The summed E-state index contributed by atoms with van der Waals surface area (Å²) in [6, 6.07) is 3.81. The molecule has 25 heavy (non-hydrogen) atoms. The van der Waals surface area contributed by atoms with Crippen molar-refractivity contribution in [3.05, 3.63) is 41.9 Å². The number of hydrogen-bond acceptors (Lipinski definition) is 5. The first-order chi connectivity index (χ1) is 12.1. The van der Waals surface area contributed by atoms with Crippen molar-refractivity contribution in [1.29, 1.82) is 0 Å². The van der Waals surface area contributed by atoms with Gasteiger partial charge in [-0.1, -0.05) is 0 Å². The molecule has 0 bridgehead atoms. The molecule has 2 aromatic heterocycles. The molecule has 4 N–H and O–H groups in total. The number of carbonyl (C=O) groups excluding carboxylic acids is 1. The largest absolute Gasteiger partial charge is 0.379 e. The van der Waals surface area contributed by atoms with Gasteiger partial charge in [0.15, 0.2) is 0 Å². The van der Waals surface area contributed by atoms with Crippen LogP contribution in [0.15, 0.2) is 30.7 Å². The summed E-state index contributed by atoms with van der Waals surface area (Å²) in [6.07, 6.45) is 8.36. The summed E-state index contributed by atoms with van der Waals surface area (Å²) in [5.74, 6) is 0.659. The van der Waals surface area contributed by atoms with Crippen LogP contribution >= 0.6 is 0 Å². The molecule has 0 aromatic carbocycles. The maximum atomic E-state index is 11.6. The zero-order valence-electron chi connectivity index (χ0n) is 13.9. The van der Waals surface area contributed by atoms with Crippen LogP contribution in [0.25, 0.3) is 11.1 Å². The van der Waals surface area contributed by atoms with Gasteiger partial charge in [-0.05, 0) is 48.9 Å². The van der Waals surface area contributed by atoms with Crippen LogP contribution in [-0.2, 0) is 6.42 Å². The third-order valence-corrected chi connectivity index (χ3v) is 4.91. The number of carbonyl (C=O) groups is 1. The van der Waals surface area contributed by atoms with Gasteiger partial charge in [0.1, 0.15) is 12.0 Å². The van der Waals surface area contributed by atoms with Crippen LogP contribution in [0.2, 0.25) is 0 Å². The maximum Gasteiger partial charge on any atom is 0.320 e. The summed E-state index contributed by atoms with van der Waals surface area (Å²) in [5.41, 5.74) is 9.48. The molecule has 4 heterocycles. The molecule has 2 aliphatic heterocycles. The summed E-state index contributed by atoms with van der Waals surface area (Å²) in [5, 5.41) is 12.8. The minimum absolute atomic E-state index is 0.124. The van der Waals surface area contributed by atoms with Crippen LogP contribution in [0.1, 0.15) is 36.4 Å². The fourth-order valence-corrected chi connectivity index (χ4v) is 3.63. The van der Waals surface area contributed by atoms with E-state index in [1.165, 1.54) is 4.90 Å². The highest BCUT2D eigenvalue weighted by Gasteiger charge is 2.24. The lowest BCUT2D eigenvalue weighted by molar-refractivity contribution is 0.154. The maximum absolute atomic E-state index is 11.6. The van der Waals surface area contributed by atoms with E-state index >= 15 is 0 Å². The van der Waals surface area contributed by atoms with Crippen molar-refractivity contribution in [2.24, 2.45) is 5.73 Å². The number of pyridine rings is 2. The van der Waals surface area contributed by atoms with Gasteiger partial charge in [-0.15, -0.1) is 0 Å². The van der Waals surface area contributed by atoms with Gasteiger partial charge in [0.2, 0.25) is 0 Å². The summed E-state index contributed by atoms with van der Waals surface area (Å²) in [7, 11) is 0. The van der Waals surface area contributed by atoms with Crippen molar-refractivity contribution in [2.45, 2.75) is 38.0 Å². The normalized spacial score (nSPS) is 22.7. The predicted octanol–water partition coefficient (Wildman–Crippen LogP) is 1.72. The van der Waals surface area contributed by atoms with Crippen molar-refractivity contribution in [1.82, 2.24) is 15.3 Å². The number of anilines is 1. The molecular formula is C18H21N5O2. The SMILES string of the molecule is NC(=O)N1CCCc2cc(-c3cncc(C4CCC(O)N4)c3)cnc21. The lowest BCUT2D eigenvalue weighted by Gasteiger charge is -2.27. The van der Waals surface area contributed by atoms with Crippen molar-refractivity contribution >= 4 is 11.8 Å². The van der Waals surface area contributed by atoms with Gasteiger partial charge in [0.25, 0.3) is 0 Å². The number of aromatic nitrogens is 2. The standard InChI is InChI=1S/C18H21N5O2/c19-18(25)23-5-1-2-11-6-13(10-21-17(11)23)12-7-14(9-20-8-12)15-3-4-16(24)22-15/h6-10,15-16,22,24H,1-5H2,(H2,19,25). The molecule has 1 saturated heterocycles. The monoisotopic (exact) mass is 339 g/mol. The first-order valence-corrected chi connectivity index (χ1v) is 8.57. The van der Waals surface area contributed by atoms with Gasteiger partial charge in [-0.3, -0.25) is 15.2 Å². The summed E-state index contributed by atoms with van der Waals surface area (Å²) < 4.78 is 0. The fourth-order valence-electron chi connectivity index (χ4n) is 3.63. The Bertz CT molecular complexity index is 810. The lowest BCUT2D eigenvalue weighted by atomic mass is 9.99. The van der Waals surface area contributed by atoms with E-state index in [0.29, 0.717) is 12.4 Å². The molecule has 7 heteroatoms. The predicted molar refractivity (Wildman–Crippen MR) is 93.8 cm³/mol. The third-order valence-electron chi connectivity index (χ3n) is 4.91. The molecule has 0 aliphatic carbocycles. The van der Waals surface area contributed by atoms with E-state index in [2.05, 4.69) is 27.4 Å². The number of amides is 2. The number of rotatable bonds is 2. The van der Waals surface area contributed by atoms with Crippen molar-refractivity contribution in [2.75, 3.05) is 11.4 Å². The van der Waals surface area contributed by atoms with E-state index in [4.69, 9.17) is 5.73 Å². The van der Waals surface area contributed by atoms with Crippen molar-refractivity contribution in [3.63, 3.8) is 0 Å². The Kier molecular flexibility index (Phi) is 4.10. The highest BCUT2D eigenvalue weighted by atomic mass is 16.3. The van der Waals surface area contributed by atoms with Crippen LogP contribution in [0.5, 0.6) is 0 Å². The van der Waals surface area contributed by atoms with Gasteiger partial charge in [-0.2, -0.15) is 0 Å². The molecule has 7 nitrogen and oxygen atoms in total. The Morgan fingerprint density at radius 3 is 2.84 bits per heavy atom. The molecule has 0 spiro atoms. The quantitative estimate of drug-likeness (QED) is 0.773. The molecule has 2 unspecified atom stereocenters. The molecular weight excluding hydrogens is 318 g/mol. The minimum atomic E-state index is -0.462. The van der Waals surface area contributed by atoms with E-state index in [1.54, 1.807) is 6.20 Å². The van der Waals surface area contributed by atoms with Crippen LogP contribution in [-0.4, -0.2) is 33.9 Å². The highest BCUT2D eigenvalue weighted by molar-refractivity contribution is 5.91. The Hall–Kier alpha value is -2.51. The number of nitrogens with zero attached hydrogens (tertiary/aromatic N) is 3. The molecule has 0 radical (unpaired) electrons. The van der Waals surface area contributed by atoms with Crippen LogP contribution in [0.3, 0.4) is 0 Å². The Labute approximate surface area is 145 Å². The Morgan fingerprint density at radius 2 is 2.08 bits per heavy atom. The van der Waals surface area contributed by atoms with Crippen LogP contribution in [0, 0.1) is 0 Å². The minimum Gasteiger partial charge on any atom is -0.379 e. The fraction of sp³-hybridized carbons (Fsp3) is 0.389. The van der Waals surface area contributed by atoms with E-state index in [-0.39, 0.29) is 6.04 Å². The first-order valence-electron chi connectivity index (χ1n) is 8.57. The van der Waals surface area contributed by atoms with E-state index in [1.807, 2.05) is 12.4 Å². The zero-order valence-corrected chi connectivity index (χ0v) is 13.9. The van der Waals surface area contributed by atoms with Gasteiger partial charge in [-0.25, -0.2) is 9.78 Å². The Morgan fingerprint density at radius 1 is 1.24 bits per heavy atom. The molecule has 130 valence electrons. The van der Waals surface area contributed by atoms with Gasteiger partial charge in [0, 0.05) is 42.3 Å². The van der Waals surface area contributed by atoms with E-state index < -0.39 is 12.3 Å². The lowest BCUT2D eigenvalue weighted by Crippen LogP contribution is -2.40. The Balaban J connectivity index is 1.65. The van der Waals surface area contributed by atoms with E-state index in [0.717, 1.165) is 47.9 Å². The second kappa shape index (κ2) is 6.42. The number of urea groups is 1. The average Bonchev–Trinajstić information content (AvgIpc) is 3.07. The molecule has 4 rings (SSSR count). The average molecular weight is 339 g/mol. The number of aryl methyl sites for hydroxylation is 1. The second-order valence-electron chi connectivity index (χ2n) is 6.62. The van der Waals surface area contributed by atoms with Crippen LogP contribution < -0.4 is 16.0 Å². The molecule has 2 atom stereocenters.